The van der Waals surface area contributed by atoms with Gasteiger partial charge in [0.15, 0.2) is 0 Å². The molecule has 1 N–H and O–H groups in total. The van der Waals surface area contributed by atoms with E-state index in [9.17, 15) is 0 Å². The van der Waals surface area contributed by atoms with Gasteiger partial charge < -0.3 is 10.1 Å². The molecule has 0 spiro atoms. The molecule has 0 aliphatic carbocycles. The molecule has 1 fully saturated rings. The number of ether oxygens (including phenoxy) is 1. The molecule has 0 bridgehead atoms. The lowest BCUT2D eigenvalue weighted by atomic mass is 9.94. The van der Waals surface area contributed by atoms with Crippen LogP contribution >= 0.6 is 0 Å². The molecule has 1 aliphatic rings. The summed E-state index contributed by atoms with van der Waals surface area (Å²) in [5.41, 5.74) is 2.69. The van der Waals surface area contributed by atoms with Crippen LogP contribution in [0.2, 0.25) is 0 Å². The van der Waals surface area contributed by atoms with E-state index in [1.165, 1.54) is 24.1 Å². The molecule has 0 radical (unpaired) electrons. The molecule has 3 heteroatoms. The number of piperidine rings is 1. The van der Waals surface area contributed by atoms with Gasteiger partial charge in [-0.15, -0.1) is 0 Å². The fraction of sp³-hybridized carbons (Fsp3) is 0.647. The molecule has 1 aromatic rings. The summed E-state index contributed by atoms with van der Waals surface area (Å²) in [4.78, 5) is 2.52. The molecule has 2 unspecified atom stereocenters. The van der Waals surface area contributed by atoms with Crippen LogP contribution < -0.4 is 5.32 Å². The van der Waals surface area contributed by atoms with E-state index in [4.69, 9.17) is 4.74 Å². The molecule has 1 aliphatic heterocycles. The molecular weight excluding hydrogens is 248 g/mol. The monoisotopic (exact) mass is 276 g/mol. The normalized spacial score (nSPS) is 25.6. The number of aryl methyl sites for hydroxylation is 1. The summed E-state index contributed by atoms with van der Waals surface area (Å²) in [5, 5.41) is 3.45. The van der Waals surface area contributed by atoms with Crippen molar-refractivity contribution in [3.63, 3.8) is 0 Å². The number of rotatable bonds is 5. The van der Waals surface area contributed by atoms with Crippen LogP contribution in [-0.4, -0.2) is 44.3 Å². The van der Waals surface area contributed by atoms with Crippen molar-refractivity contribution in [3.8, 4) is 0 Å². The molecule has 0 aromatic heterocycles. The molecule has 1 saturated heterocycles. The maximum absolute atomic E-state index is 5.68. The van der Waals surface area contributed by atoms with Crippen molar-refractivity contribution in [2.45, 2.75) is 38.3 Å². The fourth-order valence-corrected chi connectivity index (χ4v) is 3.05. The summed E-state index contributed by atoms with van der Waals surface area (Å²) >= 11 is 0. The number of benzene rings is 1. The van der Waals surface area contributed by atoms with Gasteiger partial charge in [0.25, 0.3) is 0 Å². The van der Waals surface area contributed by atoms with Crippen LogP contribution in [0.5, 0.6) is 0 Å². The third kappa shape index (κ3) is 3.81. The van der Waals surface area contributed by atoms with Gasteiger partial charge >= 0.3 is 0 Å². The number of likely N-dealkylation sites (N-methyl/N-ethyl adjacent to an activating group) is 1. The van der Waals surface area contributed by atoms with Crippen molar-refractivity contribution in [1.82, 2.24) is 10.2 Å². The summed E-state index contributed by atoms with van der Waals surface area (Å²) < 4.78 is 5.68. The zero-order valence-electron chi connectivity index (χ0n) is 13.3. The highest BCUT2D eigenvalue weighted by atomic mass is 16.5. The van der Waals surface area contributed by atoms with Crippen molar-refractivity contribution in [2.24, 2.45) is 0 Å². The lowest BCUT2D eigenvalue weighted by Crippen LogP contribution is -2.49. The second-order valence-corrected chi connectivity index (χ2v) is 6.24. The second-order valence-electron chi connectivity index (χ2n) is 6.24. The van der Waals surface area contributed by atoms with Gasteiger partial charge in [0.2, 0.25) is 0 Å². The van der Waals surface area contributed by atoms with Gasteiger partial charge in [-0.25, -0.2) is 0 Å². The zero-order valence-corrected chi connectivity index (χ0v) is 13.3. The Hall–Kier alpha value is -0.900. The minimum atomic E-state index is 0.0177. The first-order valence-corrected chi connectivity index (χ1v) is 7.58. The minimum absolute atomic E-state index is 0.0177. The molecule has 2 atom stereocenters. The van der Waals surface area contributed by atoms with Crippen LogP contribution in [0, 0.1) is 6.92 Å². The Labute approximate surface area is 123 Å². The van der Waals surface area contributed by atoms with Crippen molar-refractivity contribution in [2.75, 3.05) is 33.8 Å². The van der Waals surface area contributed by atoms with E-state index >= 15 is 0 Å². The lowest BCUT2D eigenvalue weighted by Gasteiger charge is -2.40. The van der Waals surface area contributed by atoms with Crippen LogP contribution in [-0.2, 0) is 4.74 Å². The maximum atomic E-state index is 5.68. The van der Waals surface area contributed by atoms with Crippen molar-refractivity contribution >= 4 is 0 Å². The molecule has 0 saturated carbocycles. The van der Waals surface area contributed by atoms with Crippen LogP contribution in [0.3, 0.4) is 0 Å². The Bertz CT molecular complexity index is 418. The highest BCUT2D eigenvalue weighted by Crippen LogP contribution is 2.25. The SMILES string of the molecule is CNC(CN1CCCC(C)(OC)C1)c1ccc(C)cc1. The van der Waals surface area contributed by atoms with E-state index in [2.05, 4.69) is 48.3 Å². The summed E-state index contributed by atoms with van der Waals surface area (Å²) in [7, 11) is 3.88. The van der Waals surface area contributed by atoms with Gasteiger partial charge in [0.05, 0.1) is 5.60 Å². The van der Waals surface area contributed by atoms with E-state index in [1.807, 2.05) is 14.2 Å². The fourth-order valence-electron chi connectivity index (χ4n) is 3.05. The number of hydrogen-bond donors (Lipinski definition) is 1. The molecule has 0 amide bonds. The highest BCUT2D eigenvalue weighted by molar-refractivity contribution is 5.24. The third-order valence-corrected chi connectivity index (χ3v) is 4.50. The second kappa shape index (κ2) is 6.70. The predicted octanol–water partition coefficient (Wildman–Crippen LogP) is 2.76. The Balaban J connectivity index is 2.01. The first kappa shape index (κ1) is 15.5. The van der Waals surface area contributed by atoms with Gasteiger partial charge in [-0.2, -0.15) is 0 Å². The predicted molar refractivity (Wildman–Crippen MR) is 84.1 cm³/mol. The molecular formula is C17H28N2O. The number of methoxy groups -OCH3 is 1. The third-order valence-electron chi connectivity index (χ3n) is 4.50. The van der Waals surface area contributed by atoms with Gasteiger partial charge in [0, 0.05) is 26.2 Å². The van der Waals surface area contributed by atoms with Crippen molar-refractivity contribution in [3.05, 3.63) is 35.4 Å². The molecule has 20 heavy (non-hydrogen) atoms. The topological polar surface area (TPSA) is 24.5 Å². The van der Waals surface area contributed by atoms with Gasteiger partial charge in [-0.1, -0.05) is 29.8 Å². The number of nitrogens with one attached hydrogen (secondary N) is 1. The summed E-state index contributed by atoms with van der Waals surface area (Å²) in [6.45, 7) is 7.58. The Morgan fingerprint density at radius 2 is 2.05 bits per heavy atom. The Morgan fingerprint density at radius 3 is 2.65 bits per heavy atom. The Kier molecular flexibility index (Phi) is 5.19. The average molecular weight is 276 g/mol. The van der Waals surface area contributed by atoms with Crippen LogP contribution in [0.25, 0.3) is 0 Å². The standard InChI is InChI=1S/C17H28N2O/c1-14-6-8-15(9-7-14)16(18-3)12-19-11-5-10-17(2,13-19)20-4/h6-9,16,18H,5,10-13H2,1-4H3. The van der Waals surface area contributed by atoms with Gasteiger partial charge in [-0.3, -0.25) is 4.90 Å². The molecule has 1 aromatic carbocycles. The number of hydrogen-bond acceptors (Lipinski definition) is 3. The zero-order chi connectivity index (χ0) is 14.6. The highest BCUT2D eigenvalue weighted by Gasteiger charge is 2.31. The summed E-state index contributed by atoms with van der Waals surface area (Å²) in [6.07, 6.45) is 2.38. The largest absolute Gasteiger partial charge is 0.377 e. The Morgan fingerprint density at radius 1 is 1.35 bits per heavy atom. The first-order chi connectivity index (χ1) is 9.56. The van der Waals surface area contributed by atoms with E-state index in [-0.39, 0.29) is 5.60 Å². The molecule has 112 valence electrons. The van der Waals surface area contributed by atoms with Crippen LogP contribution in [0.15, 0.2) is 24.3 Å². The van der Waals surface area contributed by atoms with Crippen LogP contribution in [0.4, 0.5) is 0 Å². The van der Waals surface area contributed by atoms with E-state index in [0.717, 1.165) is 19.5 Å². The average Bonchev–Trinajstić information content (AvgIpc) is 2.46. The van der Waals surface area contributed by atoms with E-state index in [0.29, 0.717) is 6.04 Å². The van der Waals surface area contributed by atoms with Crippen molar-refractivity contribution < 1.29 is 4.74 Å². The summed E-state index contributed by atoms with van der Waals surface area (Å²) in [6, 6.07) is 9.23. The van der Waals surface area contributed by atoms with Crippen LogP contribution in [0.1, 0.15) is 36.9 Å². The van der Waals surface area contributed by atoms with Gasteiger partial charge in [0.1, 0.15) is 0 Å². The summed E-state index contributed by atoms with van der Waals surface area (Å²) in [5.74, 6) is 0. The number of nitrogens with zero attached hydrogens (tertiary/aromatic N) is 1. The molecule has 2 rings (SSSR count). The lowest BCUT2D eigenvalue weighted by molar-refractivity contribution is -0.0522. The van der Waals surface area contributed by atoms with Crippen molar-refractivity contribution in [1.29, 1.82) is 0 Å². The smallest absolute Gasteiger partial charge is 0.0777 e. The number of likely N-dealkylation sites (tertiary alicyclic amines) is 1. The maximum Gasteiger partial charge on any atom is 0.0777 e. The first-order valence-electron chi connectivity index (χ1n) is 7.58. The minimum Gasteiger partial charge on any atom is -0.377 e. The van der Waals surface area contributed by atoms with E-state index in [1.54, 1.807) is 0 Å². The van der Waals surface area contributed by atoms with E-state index < -0.39 is 0 Å². The van der Waals surface area contributed by atoms with Gasteiger partial charge in [-0.05, 0) is 45.8 Å². The molecule has 1 heterocycles. The molecule has 3 nitrogen and oxygen atoms in total. The quantitative estimate of drug-likeness (QED) is 0.895.